The maximum atomic E-state index is 13.2. The fourth-order valence-electron chi connectivity index (χ4n) is 3.63. The van der Waals surface area contributed by atoms with Crippen LogP contribution in [0.1, 0.15) is 48.0 Å². The van der Waals surface area contributed by atoms with E-state index in [0.717, 1.165) is 29.8 Å². The number of ether oxygens (including phenoxy) is 1. The number of carbonyl (C=O) groups is 1. The minimum absolute atomic E-state index is 0.170. The fraction of sp³-hybridized carbons (Fsp3) is 0.409. The molecule has 0 radical (unpaired) electrons. The number of aryl methyl sites for hydroxylation is 1. The fourth-order valence-corrected chi connectivity index (χ4v) is 3.63. The monoisotopic (exact) mass is 337 g/mol. The molecule has 0 aliphatic heterocycles. The van der Waals surface area contributed by atoms with Crippen molar-refractivity contribution in [3.63, 3.8) is 0 Å². The molecule has 1 unspecified atom stereocenters. The van der Waals surface area contributed by atoms with Gasteiger partial charge in [-0.2, -0.15) is 0 Å². The molecule has 132 valence electrons. The van der Waals surface area contributed by atoms with Gasteiger partial charge in [0.05, 0.1) is 13.2 Å². The first-order valence-corrected chi connectivity index (χ1v) is 9.19. The van der Waals surface area contributed by atoms with Crippen LogP contribution in [-0.2, 0) is 0 Å². The Morgan fingerprint density at radius 1 is 1.00 bits per heavy atom. The lowest BCUT2D eigenvalue weighted by atomic mass is 9.81. The molecule has 0 spiro atoms. The van der Waals surface area contributed by atoms with Crippen LogP contribution in [0.3, 0.4) is 0 Å². The van der Waals surface area contributed by atoms with Gasteiger partial charge in [0.1, 0.15) is 5.75 Å². The second-order valence-corrected chi connectivity index (χ2v) is 6.98. The molecule has 1 atom stereocenters. The maximum Gasteiger partial charge on any atom is 0.185 e. The summed E-state index contributed by atoms with van der Waals surface area (Å²) in [6.07, 6.45) is 5.95. The molecule has 3 heteroatoms. The van der Waals surface area contributed by atoms with Crippen LogP contribution in [0.4, 0.5) is 5.69 Å². The second kappa shape index (κ2) is 8.19. The van der Waals surface area contributed by atoms with E-state index in [1.807, 2.05) is 24.3 Å². The van der Waals surface area contributed by atoms with Crippen LogP contribution in [0, 0.1) is 12.8 Å². The maximum absolute atomic E-state index is 13.2. The molecule has 0 amide bonds. The molecule has 0 aromatic heterocycles. The Bertz CT molecular complexity index is 685. The highest BCUT2D eigenvalue weighted by Crippen LogP contribution is 2.30. The van der Waals surface area contributed by atoms with Gasteiger partial charge < -0.3 is 10.1 Å². The lowest BCUT2D eigenvalue weighted by Gasteiger charge is -2.31. The minimum Gasteiger partial charge on any atom is -0.497 e. The van der Waals surface area contributed by atoms with E-state index in [2.05, 4.69) is 36.5 Å². The number of Topliss-reactive ketones (excluding diaryl/α,β-unsaturated/α-hetero) is 1. The van der Waals surface area contributed by atoms with Crippen LogP contribution in [0.15, 0.2) is 48.5 Å². The Morgan fingerprint density at radius 2 is 1.64 bits per heavy atom. The molecule has 0 bridgehead atoms. The van der Waals surface area contributed by atoms with Crippen molar-refractivity contribution in [1.82, 2.24) is 0 Å². The predicted octanol–water partition coefficient (Wildman–Crippen LogP) is 5.25. The van der Waals surface area contributed by atoms with E-state index in [-0.39, 0.29) is 11.8 Å². The third-order valence-corrected chi connectivity index (χ3v) is 5.15. The summed E-state index contributed by atoms with van der Waals surface area (Å²) in [4.78, 5) is 13.2. The summed E-state index contributed by atoms with van der Waals surface area (Å²) >= 11 is 0. The zero-order valence-corrected chi connectivity index (χ0v) is 15.1. The number of benzene rings is 2. The number of ketones is 1. The van der Waals surface area contributed by atoms with Gasteiger partial charge in [0, 0.05) is 11.3 Å². The third-order valence-electron chi connectivity index (χ3n) is 5.15. The molecular formula is C22H27NO2. The van der Waals surface area contributed by atoms with Crippen molar-refractivity contribution >= 4 is 11.5 Å². The molecule has 0 saturated heterocycles. The van der Waals surface area contributed by atoms with Crippen LogP contribution in [0.2, 0.25) is 0 Å². The molecular weight excluding hydrogens is 310 g/mol. The van der Waals surface area contributed by atoms with E-state index in [9.17, 15) is 4.79 Å². The van der Waals surface area contributed by atoms with Crippen LogP contribution >= 0.6 is 0 Å². The van der Waals surface area contributed by atoms with Crippen molar-refractivity contribution in [1.29, 1.82) is 0 Å². The highest BCUT2D eigenvalue weighted by atomic mass is 16.5. The number of carbonyl (C=O) groups excluding carboxylic acids is 1. The first-order valence-electron chi connectivity index (χ1n) is 9.19. The van der Waals surface area contributed by atoms with E-state index >= 15 is 0 Å². The number of nitrogens with one attached hydrogen (secondary N) is 1. The molecule has 0 heterocycles. The van der Waals surface area contributed by atoms with Gasteiger partial charge in [0.2, 0.25) is 0 Å². The highest BCUT2D eigenvalue weighted by Gasteiger charge is 2.30. The Balaban J connectivity index is 1.83. The molecule has 1 fully saturated rings. The van der Waals surface area contributed by atoms with Gasteiger partial charge in [-0.1, -0.05) is 37.0 Å². The average Bonchev–Trinajstić information content (AvgIpc) is 2.68. The summed E-state index contributed by atoms with van der Waals surface area (Å²) in [5.74, 6) is 1.34. The van der Waals surface area contributed by atoms with Gasteiger partial charge in [-0.15, -0.1) is 0 Å². The first kappa shape index (κ1) is 17.5. The Kier molecular flexibility index (Phi) is 5.75. The Hall–Kier alpha value is -2.29. The van der Waals surface area contributed by atoms with Crippen molar-refractivity contribution in [2.45, 2.75) is 45.1 Å². The van der Waals surface area contributed by atoms with Crippen molar-refractivity contribution in [2.24, 2.45) is 5.92 Å². The minimum atomic E-state index is -0.170. The predicted molar refractivity (Wildman–Crippen MR) is 102 cm³/mol. The van der Waals surface area contributed by atoms with Gasteiger partial charge in [-0.3, -0.25) is 4.79 Å². The summed E-state index contributed by atoms with van der Waals surface area (Å²) in [5.41, 5.74) is 2.99. The molecule has 3 rings (SSSR count). The van der Waals surface area contributed by atoms with Gasteiger partial charge in [-0.25, -0.2) is 0 Å². The number of hydrogen-bond acceptors (Lipinski definition) is 3. The van der Waals surface area contributed by atoms with Crippen molar-refractivity contribution in [3.05, 3.63) is 59.7 Å². The normalized spacial score (nSPS) is 16.2. The number of rotatable bonds is 6. The van der Waals surface area contributed by atoms with Crippen LogP contribution in [-0.4, -0.2) is 18.9 Å². The standard InChI is InChI=1S/C22H27NO2/c1-16-8-12-19(13-9-16)23-21(17-6-4-3-5-7-17)22(24)18-10-14-20(25-2)15-11-18/h8-15,17,21,23H,3-7H2,1-2H3. The Labute approximate surface area is 150 Å². The number of methoxy groups -OCH3 is 1. The zero-order valence-electron chi connectivity index (χ0n) is 15.1. The zero-order chi connectivity index (χ0) is 17.6. The molecule has 2 aromatic rings. The van der Waals surface area contributed by atoms with Gasteiger partial charge in [0.25, 0.3) is 0 Å². The van der Waals surface area contributed by atoms with Crippen LogP contribution in [0.5, 0.6) is 5.75 Å². The molecule has 25 heavy (non-hydrogen) atoms. The molecule has 1 aliphatic rings. The quantitative estimate of drug-likeness (QED) is 0.732. The van der Waals surface area contributed by atoms with Crippen molar-refractivity contribution < 1.29 is 9.53 Å². The topological polar surface area (TPSA) is 38.3 Å². The number of hydrogen-bond donors (Lipinski definition) is 1. The first-order chi connectivity index (χ1) is 12.2. The lowest BCUT2D eigenvalue weighted by Crippen LogP contribution is -2.38. The average molecular weight is 337 g/mol. The third kappa shape index (κ3) is 4.41. The summed E-state index contributed by atoms with van der Waals surface area (Å²) in [5, 5.41) is 3.52. The van der Waals surface area contributed by atoms with Crippen LogP contribution < -0.4 is 10.1 Å². The van der Waals surface area contributed by atoms with E-state index in [4.69, 9.17) is 4.74 Å². The molecule has 1 aliphatic carbocycles. The molecule has 1 saturated carbocycles. The summed E-state index contributed by atoms with van der Waals surface area (Å²) in [6, 6.07) is 15.6. The van der Waals surface area contributed by atoms with Crippen LogP contribution in [0.25, 0.3) is 0 Å². The van der Waals surface area contributed by atoms with Crippen molar-refractivity contribution in [3.8, 4) is 5.75 Å². The number of anilines is 1. The van der Waals surface area contributed by atoms with Gasteiger partial charge >= 0.3 is 0 Å². The highest BCUT2D eigenvalue weighted by molar-refractivity contribution is 6.02. The Morgan fingerprint density at radius 3 is 2.24 bits per heavy atom. The van der Waals surface area contributed by atoms with E-state index in [1.54, 1.807) is 7.11 Å². The van der Waals surface area contributed by atoms with E-state index < -0.39 is 0 Å². The summed E-state index contributed by atoms with van der Waals surface area (Å²) in [7, 11) is 1.64. The SMILES string of the molecule is COc1ccc(C(=O)C(Nc2ccc(C)cc2)C2CCCCC2)cc1. The van der Waals surface area contributed by atoms with E-state index in [1.165, 1.54) is 24.8 Å². The molecule has 2 aromatic carbocycles. The van der Waals surface area contributed by atoms with Crippen molar-refractivity contribution in [2.75, 3.05) is 12.4 Å². The largest absolute Gasteiger partial charge is 0.497 e. The van der Waals surface area contributed by atoms with E-state index in [0.29, 0.717) is 5.92 Å². The second-order valence-electron chi connectivity index (χ2n) is 6.98. The summed E-state index contributed by atoms with van der Waals surface area (Å²) < 4.78 is 5.21. The smallest absolute Gasteiger partial charge is 0.185 e. The molecule has 3 nitrogen and oxygen atoms in total. The lowest BCUT2D eigenvalue weighted by molar-refractivity contribution is 0.0929. The molecule has 1 N–H and O–H groups in total. The van der Waals surface area contributed by atoms with Gasteiger partial charge in [0.15, 0.2) is 5.78 Å². The van der Waals surface area contributed by atoms with Gasteiger partial charge in [-0.05, 0) is 62.1 Å². The summed E-state index contributed by atoms with van der Waals surface area (Å²) in [6.45, 7) is 2.07.